The molecule has 2 aromatic rings. The second kappa shape index (κ2) is 5.35. The van der Waals surface area contributed by atoms with Crippen LogP contribution in [0.1, 0.15) is 17.2 Å². The fraction of sp³-hybridized carbons (Fsp3) is 0.200. The summed E-state index contributed by atoms with van der Waals surface area (Å²) in [5, 5.41) is 3.26. The summed E-state index contributed by atoms with van der Waals surface area (Å²) in [6.07, 6.45) is 5.19. The molecule has 0 spiro atoms. The van der Waals surface area contributed by atoms with Gasteiger partial charge in [0.2, 0.25) is 0 Å². The molecule has 0 aromatic carbocycles. The predicted molar refractivity (Wildman–Crippen MR) is 72.7 cm³/mol. The zero-order chi connectivity index (χ0) is 11.5. The molecule has 84 valence electrons. The third-order valence-electron chi connectivity index (χ3n) is 2.20. The van der Waals surface area contributed by atoms with E-state index in [-0.39, 0.29) is 6.04 Å². The fourth-order valence-corrected chi connectivity index (χ4v) is 4.41. The van der Waals surface area contributed by atoms with E-state index in [2.05, 4.69) is 53.2 Å². The van der Waals surface area contributed by atoms with Crippen LogP contribution in [0, 0.1) is 0 Å². The number of thiophene rings is 1. The van der Waals surface area contributed by atoms with Crippen molar-refractivity contribution in [2.24, 2.45) is 0 Å². The van der Waals surface area contributed by atoms with Crippen molar-refractivity contribution in [2.45, 2.75) is 6.04 Å². The highest BCUT2D eigenvalue weighted by Crippen LogP contribution is 2.37. The first kappa shape index (κ1) is 12.2. The molecule has 0 aliphatic rings. The van der Waals surface area contributed by atoms with Gasteiger partial charge in [-0.1, -0.05) is 0 Å². The van der Waals surface area contributed by atoms with E-state index in [0.717, 1.165) is 13.1 Å². The predicted octanol–water partition coefficient (Wildman–Crippen LogP) is 3.37. The van der Waals surface area contributed by atoms with Crippen molar-refractivity contribution < 1.29 is 0 Å². The molecule has 6 heteroatoms. The monoisotopic (exact) mass is 361 g/mol. The average Bonchev–Trinajstić information content (AvgIpc) is 2.61. The van der Waals surface area contributed by atoms with Crippen LogP contribution in [-0.4, -0.2) is 17.0 Å². The topological polar surface area (TPSA) is 37.8 Å². The number of nitrogens with one attached hydrogen (secondary N) is 1. The van der Waals surface area contributed by atoms with Crippen molar-refractivity contribution in [2.75, 3.05) is 7.05 Å². The average molecular weight is 363 g/mol. The van der Waals surface area contributed by atoms with Gasteiger partial charge in [-0.2, -0.15) is 0 Å². The van der Waals surface area contributed by atoms with E-state index in [1.165, 1.54) is 11.9 Å². The molecule has 1 atom stereocenters. The van der Waals surface area contributed by atoms with E-state index in [1.807, 2.05) is 19.4 Å². The van der Waals surface area contributed by atoms with Gasteiger partial charge in [0.15, 0.2) is 0 Å². The molecule has 0 aliphatic carbocycles. The van der Waals surface area contributed by atoms with Gasteiger partial charge in [0, 0.05) is 18.0 Å². The van der Waals surface area contributed by atoms with Crippen molar-refractivity contribution >= 4 is 43.2 Å². The Kier molecular flexibility index (Phi) is 4.07. The first-order chi connectivity index (χ1) is 7.72. The number of halogens is 2. The van der Waals surface area contributed by atoms with Gasteiger partial charge in [0.1, 0.15) is 6.33 Å². The Bertz CT molecular complexity index is 472. The summed E-state index contributed by atoms with van der Waals surface area (Å²) in [5.41, 5.74) is 2.24. The maximum Gasteiger partial charge on any atom is 0.115 e. The first-order valence-electron chi connectivity index (χ1n) is 4.59. The van der Waals surface area contributed by atoms with E-state index < -0.39 is 0 Å². The van der Waals surface area contributed by atoms with Gasteiger partial charge in [-0.05, 0) is 50.5 Å². The molecule has 1 unspecified atom stereocenters. The molecule has 0 fully saturated rings. The van der Waals surface area contributed by atoms with Gasteiger partial charge in [0.25, 0.3) is 0 Å². The van der Waals surface area contributed by atoms with Crippen molar-refractivity contribution in [1.82, 2.24) is 15.3 Å². The van der Waals surface area contributed by atoms with Gasteiger partial charge in [-0.3, -0.25) is 0 Å². The number of nitrogens with zero attached hydrogens (tertiary/aromatic N) is 2. The molecule has 0 saturated carbocycles. The lowest BCUT2D eigenvalue weighted by Gasteiger charge is -2.15. The summed E-state index contributed by atoms with van der Waals surface area (Å²) >= 11 is 8.71. The Hall–Kier alpha value is -0.300. The van der Waals surface area contributed by atoms with E-state index >= 15 is 0 Å². The van der Waals surface area contributed by atoms with Crippen molar-refractivity contribution in [3.63, 3.8) is 0 Å². The number of rotatable bonds is 3. The Morgan fingerprint density at radius 2 is 2.00 bits per heavy atom. The van der Waals surface area contributed by atoms with Crippen LogP contribution in [-0.2, 0) is 0 Å². The third-order valence-corrected chi connectivity index (χ3v) is 4.58. The van der Waals surface area contributed by atoms with Crippen molar-refractivity contribution in [3.8, 4) is 0 Å². The first-order valence-corrected chi connectivity index (χ1v) is 6.99. The molecule has 2 aromatic heterocycles. The van der Waals surface area contributed by atoms with Gasteiger partial charge >= 0.3 is 0 Å². The summed E-state index contributed by atoms with van der Waals surface area (Å²) in [7, 11) is 1.93. The Balaban J connectivity index is 2.40. The third kappa shape index (κ3) is 2.51. The molecule has 2 heterocycles. The summed E-state index contributed by atoms with van der Waals surface area (Å²) < 4.78 is 2.22. The van der Waals surface area contributed by atoms with E-state index in [1.54, 1.807) is 11.3 Å². The highest BCUT2D eigenvalue weighted by Gasteiger charge is 2.17. The van der Waals surface area contributed by atoms with Crippen LogP contribution in [0.3, 0.4) is 0 Å². The molecule has 0 radical (unpaired) electrons. The maximum atomic E-state index is 4.04. The summed E-state index contributed by atoms with van der Waals surface area (Å²) in [5.74, 6) is 0. The highest BCUT2D eigenvalue weighted by atomic mass is 79.9. The normalized spacial score (nSPS) is 12.7. The standard InChI is InChI=1S/C10H9Br2N3S/c1-13-9(6-3-14-5-15-4-6)7-2-8(11)16-10(7)12/h2-5,9,13H,1H3. The second-order valence-electron chi connectivity index (χ2n) is 3.17. The minimum Gasteiger partial charge on any atom is -0.309 e. The second-order valence-corrected chi connectivity index (χ2v) is 6.92. The molecule has 0 amide bonds. The quantitative estimate of drug-likeness (QED) is 0.909. The SMILES string of the molecule is CNC(c1cncnc1)c1cc(Br)sc1Br. The van der Waals surface area contributed by atoms with E-state index in [0.29, 0.717) is 0 Å². The molecule has 0 saturated heterocycles. The maximum absolute atomic E-state index is 4.04. The summed E-state index contributed by atoms with van der Waals surface area (Å²) in [6, 6.07) is 2.21. The van der Waals surface area contributed by atoms with Gasteiger partial charge < -0.3 is 5.32 Å². The molecular weight excluding hydrogens is 354 g/mol. The van der Waals surface area contributed by atoms with E-state index in [4.69, 9.17) is 0 Å². The van der Waals surface area contributed by atoms with Crippen LogP contribution in [0.25, 0.3) is 0 Å². The number of hydrogen-bond donors (Lipinski definition) is 1. The lowest BCUT2D eigenvalue weighted by atomic mass is 10.1. The van der Waals surface area contributed by atoms with Crippen LogP contribution in [0.4, 0.5) is 0 Å². The molecule has 1 N–H and O–H groups in total. The zero-order valence-electron chi connectivity index (χ0n) is 8.45. The number of hydrogen-bond acceptors (Lipinski definition) is 4. The molecule has 0 aliphatic heterocycles. The highest BCUT2D eigenvalue weighted by molar-refractivity contribution is 9.12. The minimum absolute atomic E-state index is 0.109. The van der Waals surface area contributed by atoms with Crippen LogP contribution >= 0.6 is 43.2 Å². The fourth-order valence-electron chi connectivity index (χ4n) is 1.51. The largest absolute Gasteiger partial charge is 0.309 e. The van der Waals surface area contributed by atoms with Crippen molar-refractivity contribution in [3.05, 3.63) is 43.5 Å². The van der Waals surface area contributed by atoms with Gasteiger partial charge in [-0.15, -0.1) is 11.3 Å². The summed E-state index contributed by atoms with van der Waals surface area (Å²) in [6.45, 7) is 0. The number of aromatic nitrogens is 2. The van der Waals surface area contributed by atoms with Crippen molar-refractivity contribution in [1.29, 1.82) is 0 Å². The Morgan fingerprint density at radius 3 is 2.50 bits per heavy atom. The smallest absolute Gasteiger partial charge is 0.115 e. The van der Waals surface area contributed by atoms with Crippen LogP contribution in [0.5, 0.6) is 0 Å². The van der Waals surface area contributed by atoms with Crippen LogP contribution in [0.15, 0.2) is 32.4 Å². The molecule has 16 heavy (non-hydrogen) atoms. The van der Waals surface area contributed by atoms with Crippen LogP contribution < -0.4 is 5.32 Å². The summed E-state index contributed by atoms with van der Waals surface area (Å²) in [4.78, 5) is 8.08. The molecule has 2 rings (SSSR count). The lowest BCUT2D eigenvalue weighted by Crippen LogP contribution is -2.17. The van der Waals surface area contributed by atoms with E-state index in [9.17, 15) is 0 Å². The van der Waals surface area contributed by atoms with Crippen LogP contribution in [0.2, 0.25) is 0 Å². The minimum atomic E-state index is 0.109. The lowest BCUT2D eigenvalue weighted by molar-refractivity contribution is 0.684. The Labute approximate surface area is 115 Å². The van der Waals surface area contributed by atoms with Gasteiger partial charge in [0.05, 0.1) is 13.6 Å². The molecule has 3 nitrogen and oxygen atoms in total. The van der Waals surface area contributed by atoms with Gasteiger partial charge in [-0.25, -0.2) is 9.97 Å². The Morgan fingerprint density at radius 1 is 1.31 bits per heavy atom. The molecule has 0 bridgehead atoms. The zero-order valence-corrected chi connectivity index (χ0v) is 12.4. The molecular formula is C10H9Br2N3S.